The molecule has 0 bridgehead atoms. The molecule has 0 aliphatic heterocycles. The lowest BCUT2D eigenvalue weighted by Crippen LogP contribution is -2.33. The molecular formula is C21H33Cl2N3O2. The Morgan fingerprint density at radius 1 is 0.857 bits per heavy atom. The van der Waals surface area contributed by atoms with Crippen molar-refractivity contribution in [3.8, 4) is 0 Å². The van der Waals surface area contributed by atoms with E-state index in [0.717, 1.165) is 18.5 Å². The summed E-state index contributed by atoms with van der Waals surface area (Å²) in [5.74, 6) is 0.179. The SMILES string of the molecule is CCN(CC)C(=O)CCCC(=O)N(CCCN(C)C)Cc1ccc(Cl)c(Cl)c1. The van der Waals surface area contributed by atoms with Gasteiger partial charge >= 0.3 is 0 Å². The molecule has 158 valence electrons. The second kappa shape index (κ2) is 13.0. The number of carbonyl (C=O) groups excluding carboxylic acids is 2. The van der Waals surface area contributed by atoms with Gasteiger partial charge in [-0.05, 0) is 65.0 Å². The maximum absolute atomic E-state index is 12.8. The van der Waals surface area contributed by atoms with E-state index < -0.39 is 0 Å². The van der Waals surface area contributed by atoms with E-state index in [1.54, 1.807) is 17.0 Å². The fraction of sp³-hybridized carbons (Fsp3) is 0.619. The summed E-state index contributed by atoms with van der Waals surface area (Å²) in [6.07, 6.45) is 2.24. The minimum Gasteiger partial charge on any atom is -0.343 e. The molecule has 0 aliphatic carbocycles. The van der Waals surface area contributed by atoms with Crippen molar-refractivity contribution in [1.82, 2.24) is 14.7 Å². The highest BCUT2D eigenvalue weighted by molar-refractivity contribution is 6.42. The molecule has 7 heteroatoms. The molecule has 0 saturated carbocycles. The van der Waals surface area contributed by atoms with E-state index in [4.69, 9.17) is 23.2 Å². The van der Waals surface area contributed by atoms with E-state index >= 15 is 0 Å². The van der Waals surface area contributed by atoms with Crippen molar-refractivity contribution in [3.05, 3.63) is 33.8 Å². The Morgan fingerprint density at radius 3 is 2.00 bits per heavy atom. The van der Waals surface area contributed by atoms with Gasteiger partial charge in [-0.1, -0.05) is 29.3 Å². The summed E-state index contributed by atoms with van der Waals surface area (Å²) >= 11 is 12.1. The highest BCUT2D eigenvalue weighted by atomic mass is 35.5. The molecule has 0 radical (unpaired) electrons. The lowest BCUT2D eigenvalue weighted by Gasteiger charge is -2.24. The molecule has 0 N–H and O–H groups in total. The van der Waals surface area contributed by atoms with Gasteiger partial charge < -0.3 is 14.7 Å². The topological polar surface area (TPSA) is 43.9 Å². The van der Waals surface area contributed by atoms with Crippen molar-refractivity contribution in [2.45, 2.75) is 46.1 Å². The number of benzene rings is 1. The Morgan fingerprint density at radius 2 is 1.46 bits per heavy atom. The van der Waals surface area contributed by atoms with E-state index in [1.807, 2.05) is 38.9 Å². The average molecular weight is 430 g/mol. The molecule has 5 nitrogen and oxygen atoms in total. The van der Waals surface area contributed by atoms with Crippen LogP contribution in [0.2, 0.25) is 10.0 Å². The summed E-state index contributed by atoms with van der Waals surface area (Å²) in [6.45, 7) is 7.42. The highest BCUT2D eigenvalue weighted by Gasteiger charge is 2.16. The zero-order valence-electron chi connectivity index (χ0n) is 17.5. The van der Waals surface area contributed by atoms with Crippen molar-refractivity contribution < 1.29 is 9.59 Å². The number of carbonyl (C=O) groups is 2. The summed E-state index contributed by atoms with van der Waals surface area (Å²) in [7, 11) is 4.04. The molecular weight excluding hydrogens is 397 g/mol. The van der Waals surface area contributed by atoms with Gasteiger partial charge in [0.1, 0.15) is 0 Å². The smallest absolute Gasteiger partial charge is 0.222 e. The van der Waals surface area contributed by atoms with Crippen molar-refractivity contribution in [3.63, 3.8) is 0 Å². The Hall–Kier alpha value is -1.30. The van der Waals surface area contributed by atoms with Gasteiger partial charge in [-0.15, -0.1) is 0 Å². The lowest BCUT2D eigenvalue weighted by molar-refractivity contribution is -0.133. The van der Waals surface area contributed by atoms with Crippen LogP contribution in [0.5, 0.6) is 0 Å². The van der Waals surface area contributed by atoms with Crippen LogP contribution in [0.1, 0.15) is 45.1 Å². The summed E-state index contributed by atoms with van der Waals surface area (Å²) in [4.78, 5) is 30.7. The van der Waals surface area contributed by atoms with Crippen molar-refractivity contribution in [1.29, 1.82) is 0 Å². The first kappa shape index (κ1) is 24.7. The third-order valence-corrected chi connectivity index (χ3v) is 5.38. The lowest BCUT2D eigenvalue weighted by atomic mass is 10.1. The number of halogens is 2. The summed E-state index contributed by atoms with van der Waals surface area (Å²) in [6, 6.07) is 5.45. The van der Waals surface area contributed by atoms with Crippen LogP contribution in [0.15, 0.2) is 18.2 Å². The number of hydrogen-bond acceptors (Lipinski definition) is 3. The van der Waals surface area contributed by atoms with Crippen LogP contribution in [0.4, 0.5) is 0 Å². The largest absolute Gasteiger partial charge is 0.343 e. The zero-order valence-corrected chi connectivity index (χ0v) is 19.0. The summed E-state index contributed by atoms with van der Waals surface area (Å²) in [5, 5.41) is 0.996. The molecule has 0 spiro atoms. The second-order valence-electron chi connectivity index (χ2n) is 7.14. The normalized spacial score (nSPS) is 11.0. The quantitative estimate of drug-likeness (QED) is 0.496. The average Bonchev–Trinajstić information content (AvgIpc) is 2.64. The Labute approximate surface area is 179 Å². The third kappa shape index (κ3) is 8.80. The van der Waals surface area contributed by atoms with Gasteiger partial charge in [0.2, 0.25) is 11.8 Å². The molecule has 0 atom stereocenters. The van der Waals surface area contributed by atoms with Gasteiger partial charge in [0.15, 0.2) is 0 Å². The van der Waals surface area contributed by atoms with Gasteiger partial charge in [-0.25, -0.2) is 0 Å². The van der Waals surface area contributed by atoms with Gasteiger partial charge in [0.25, 0.3) is 0 Å². The molecule has 1 rings (SSSR count). The molecule has 0 aromatic heterocycles. The van der Waals surface area contributed by atoms with Crippen molar-refractivity contribution in [2.75, 3.05) is 40.3 Å². The zero-order chi connectivity index (χ0) is 21.1. The Balaban J connectivity index is 2.67. The van der Waals surface area contributed by atoms with Crippen LogP contribution in [-0.4, -0.2) is 66.8 Å². The minimum absolute atomic E-state index is 0.0668. The number of rotatable bonds is 12. The first-order valence-corrected chi connectivity index (χ1v) is 10.7. The predicted molar refractivity (Wildman–Crippen MR) is 117 cm³/mol. The molecule has 1 aromatic carbocycles. The number of hydrogen-bond donors (Lipinski definition) is 0. The molecule has 2 amide bonds. The predicted octanol–water partition coefficient (Wildman–Crippen LogP) is 4.31. The van der Waals surface area contributed by atoms with Crippen molar-refractivity contribution >= 4 is 35.0 Å². The molecule has 0 saturated heterocycles. The maximum atomic E-state index is 12.8. The monoisotopic (exact) mass is 429 g/mol. The van der Waals surface area contributed by atoms with E-state index in [2.05, 4.69) is 4.90 Å². The van der Waals surface area contributed by atoms with Gasteiger partial charge in [-0.2, -0.15) is 0 Å². The van der Waals surface area contributed by atoms with Gasteiger partial charge in [0, 0.05) is 39.0 Å². The number of nitrogens with zero attached hydrogens (tertiary/aromatic N) is 3. The minimum atomic E-state index is 0.0668. The van der Waals surface area contributed by atoms with Gasteiger partial charge in [-0.3, -0.25) is 9.59 Å². The molecule has 0 heterocycles. The first-order chi connectivity index (χ1) is 13.3. The fourth-order valence-electron chi connectivity index (χ4n) is 3.01. The fourth-order valence-corrected chi connectivity index (χ4v) is 3.33. The van der Waals surface area contributed by atoms with E-state index in [9.17, 15) is 9.59 Å². The second-order valence-corrected chi connectivity index (χ2v) is 7.95. The van der Waals surface area contributed by atoms with Crippen LogP contribution in [0.25, 0.3) is 0 Å². The maximum Gasteiger partial charge on any atom is 0.222 e. The summed E-state index contributed by atoms with van der Waals surface area (Å²) in [5.41, 5.74) is 0.951. The van der Waals surface area contributed by atoms with E-state index in [0.29, 0.717) is 55.5 Å². The molecule has 0 fully saturated rings. The van der Waals surface area contributed by atoms with Crippen LogP contribution in [0, 0.1) is 0 Å². The van der Waals surface area contributed by atoms with Crippen LogP contribution >= 0.6 is 23.2 Å². The van der Waals surface area contributed by atoms with E-state index in [-0.39, 0.29) is 11.8 Å². The Kier molecular flexibility index (Phi) is 11.5. The molecule has 0 unspecified atom stereocenters. The number of amides is 2. The molecule has 0 aliphatic rings. The molecule has 1 aromatic rings. The Bertz CT molecular complexity index is 634. The van der Waals surface area contributed by atoms with Crippen LogP contribution in [0.3, 0.4) is 0 Å². The highest BCUT2D eigenvalue weighted by Crippen LogP contribution is 2.23. The van der Waals surface area contributed by atoms with Crippen LogP contribution < -0.4 is 0 Å². The molecule has 28 heavy (non-hydrogen) atoms. The van der Waals surface area contributed by atoms with Crippen LogP contribution in [-0.2, 0) is 16.1 Å². The first-order valence-electron chi connectivity index (χ1n) is 9.92. The third-order valence-electron chi connectivity index (χ3n) is 4.64. The summed E-state index contributed by atoms with van der Waals surface area (Å²) < 4.78 is 0. The van der Waals surface area contributed by atoms with Crippen molar-refractivity contribution in [2.24, 2.45) is 0 Å². The van der Waals surface area contributed by atoms with Gasteiger partial charge in [0.05, 0.1) is 10.0 Å². The standard InChI is InChI=1S/C21H33Cl2N3O2/c1-5-25(6-2)20(27)9-7-10-21(28)26(14-8-13-24(3)4)16-17-11-12-18(22)19(23)15-17/h11-12,15H,5-10,13-14,16H2,1-4H3. The van der Waals surface area contributed by atoms with E-state index in [1.165, 1.54) is 0 Å².